The predicted molar refractivity (Wildman–Crippen MR) is 78.3 cm³/mol. The van der Waals surface area contributed by atoms with Crippen LogP contribution in [-0.2, 0) is 6.42 Å². The molecular formula is C13H20N4OS. The van der Waals surface area contributed by atoms with Crippen molar-refractivity contribution in [3.63, 3.8) is 0 Å². The molecule has 0 aromatic carbocycles. The Bertz CT molecular complexity index is 530. The molecule has 0 saturated carbocycles. The van der Waals surface area contributed by atoms with Gasteiger partial charge in [0.15, 0.2) is 5.82 Å². The van der Waals surface area contributed by atoms with E-state index in [0.29, 0.717) is 5.89 Å². The number of likely N-dealkylation sites (N-methyl/N-ethyl adjacent to an activating group) is 1. The van der Waals surface area contributed by atoms with Crippen LogP contribution >= 0.6 is 11.3 Å². The minimum atomic E-state index is 0.533. The van der Waals surface area contributed by atoms with Gasteiger partial charge in [-0.25, -0.2) is 0 Å². The van der Waals surface area contributed by atoms with Crippen LogP contribution in [-0.4, -0.2) is 34.7 Å². The van der Waals surface area contributed by atoms with E-state index >= 15 is 0 Å². The molecule has 0 saturated heterocycles. The largest absolute Gasteiger partial charge is 0.397 e. The molecule has 2 aromatic heterocycles. The van der Waals surface area contributed by atoms with Gasteiger partial charge in [-0.3, -0.25) is 0 Å². The molecule has 0 aliphatic carbocycles. The second-order valence-corrected chi connectivity index (χ2v) is 5.33. The molecule has 2 aromatic rings. The van der Waals surface area contributed by atoms with Crippen LogP contribution in [0.25, 0.3) is 10.8 Å². The number of nitrogen functional groups attached to an aromatic ring is 1. The number of aromatic nitrogens is 2. The Labute approximate surface area is 117 Å². The summed E-state index contributed by atoms with van der Waals surface area (Å²) in [5.74, 6) is 1.28. The maximum absolute atomic E-state index is 5.98. The first-order chi connectivity index (χ1) is 9.15. The van der Waals surface area contributed by atoms with Crippen LogP contribution < -0.4 is 5.73 Å². The Kier molecular flexibility index (Phi) is 4.55. The number of nitrogens with zero attached hydrogens (tertiary/aromatic N) is 3. The topological polar surface area (TPSA) is 68.2 Å². The maximum atomic E-state index is 5.98. The van der Waals surface area contributed by atoms with Crippen molar-refractivity contribution in [3.8, 4) is 10.8 Å². The normalized spacial score (nSPS) is 11.4. The number of rotatable bonds is 6. The first-order valence-electron chi connectivity index (χ1n) is 6.54. The fourth-order valence-electron chi connectivity index (χ4n) is 1.86. The third-order valence-electron chi connectivity index (χ3n) is 3.23. The summed E-state index contributed by atoms with van der Waals surface area (Å²) < 4.78 is 5.30. The SMILES string of the molecule is CCN(CC)CCc1noc(-c2scc(C)c2N)n1. The van der Waals surface area contributed by atoms with Gasteiger partial charge in [0.2, 0.25) is 0 Å². The van der Waals surface area contributed by atoms with E-state index in [4.69, 9.17) is 10.3 Å². The highest BCUT2D eigenvalue weighted by Gasteiger charge is 2.15. The van der Waals surface area contributed by atoms with E-state index in [1.165, 1.54) is 0 Å². The summed E-state index contributed by atoms with van der Waals surface area (Å²) in [7, 11) is 0. The van der Waals surface area contributed by atoms with Crippen LogP contribution in [0.1, 0.15) is 25.2 Å². The van der Waals surface area contributed by atoms with Crippen molar-refractivity contribution in [2.24, 2.45) is 0 Å². The van der Waals surface area contributed by atoms with Crippen LogP contribution in [0, 0.1) is 6.92 Å². The Hall–Kier alpha value is -1.40. The second-order valence-electron chi connectivity index (χ2n) is 4.45. The Morgan fingerprint density at radius 2 is 2.11 bits per heavy atom. The van der Waals surface area contributed by atoms with Gasteiger partial charge in [-0.1, -0.05) is 19.0 Å². The molecule has 0 spiro atoms. The third kappa shape index (κ3) is 3.13. The molecular weight excluding hydrogens is 260 g/mol. The monoisotopic (exact) mass is 280 g/mol. The molecule has 0 atom stereocenters. The Morgan fingerprint density at radius 1 is 1.37 bits per heavy atom. The van der Waals surface area contributed by atoms with Crippen LogP contribution in [0.3, 0.4) is 0 Å². The van der Waals surface area contributed by atoms with Crippen molar-refractivity contribution >= 4 is 17.0 Å². The fourth-order valence-corrected chi connectivity index (χ4v) is 2.76. The molecule has 5 nitrogen and oxygen atoms in total. The molecule has 19 heavy (non-hydrogen) atoms. The van der Waals surface area contributed by atoms with Gasteiger partial charge in [0.1, 0.15) is 4.88 Å². The van der Waals surface area contributed by atoms with Crippen molar-refractivity contribution in [2.45, 2.75) is 27.2 Å². The molecule has 2 N–H and O–H groups in total. The number of thiophene rings is 1. The molecule has 0 unspecified atom stereocenters. The van der Waals surface area contributed by atoms with Crippen LogP contribution in [0.15, 0.2) is 9.90 Å². The number of aryl methyl sites for hydroxylation is 1. The van der Waals surface area contributed by atoms with Crippen LogP contribution in [0.5, 0.6) is 0 Å². The average molecular weight is 280 g/mol. The summed E-state index contributed by atoms with van der Waals surface area (Å²) in [4.78, 5) is 7.63. The first-order valence-corrected chi connectivity index (χ1v) is 7.42. The zero-order valence-electron chi connectivity index (χ0n) is 11.6. The van der Waals surface area contributed by atoms with Gasteiger partial charge >= 0.3 is 0 Å². The molecule has 104 valence electrons. The van der Waals surface area contributed by atoms with Gasteiger partial charge in [-0.05, 0) is 31.0 Å². The van der Waals surface area contributed by atoms with Gasteiger partial charge in [0.25, 0.3) is 5.89 Å². The summed E-state index contributed by atoms with van der Waals surface area (Å²) in [5.41, 5.74) is 7.78. The van der Waals surface area contributed by atoms with E-state index in [9.17, 15) is 0 Å². The second kappa shape index (κ2) is 6.16. The number of hydrogen-bond acceptors (Lipinski definition) is 6. The van der Waals surface area contributed by atoms with Crippen molar-refractivity contribution in [1.82, 2.24) is 15.0 Å². The number of nitrogens with two attached hydrogens (primary N) is 1. The molecule has 0 fully saturated rings. The zero-order chi connectivity index (χ0) is 13.8. The van der Waals surface area contributed by atoms with Gasteiger partial charge in [-0.2, -0.15) is 4.98 Å². The Morgan fingerprint density at radius 3 is 2.68 bits per heavy atom. The molecule has 0 bridgehead atoms. The zero-order valence-corrected chi connectivity index (χ0v) is 12.5. The Balaban J connectivity index is 2.05. The lowest BCUT2D eigenvalue weighted by Crippen LogP contribution is -2.25. The molecule has 0 amide bonds. The minimum Gasteiger partial charge on any atom is -0.397 e. The predicted octanol–water partition coefficient (Wildman–Crippen LogP) is 2.57. The molecule has 0 aliphatic heterocycles. The molecule has 2 heterocycles. The highest BCUT2D eigenvalue weighted by atomic mass is 32.1. The molecule has 6 heteroatoms. The highest BCUT2D eigenvalue weighted by molar-refractivity contribution is 7.14. The van der Waals surface area contributed by atoms with Crippen molar-refractivity contribution in [3.05, 3.63) is 16.8 Å². The molecule has 2 rings (SSSR count). The maximum Gasteiger partial charge on any atom is 0.270 e. The van der Waals surface area contributed by atoms with Crippen molar-refractivity contribution in [1.29, 1.82) is 0 Å². The van der Waals surface area contributed by atoms with E-state index in [1.807, 2.05) is 12.3 Å². The summed E-state index contributed by atoms with van der Waals surface area (Å²) in [6.07, 6.45) is 0.801. The average Bonchev–Trinajstić information content (AvgIpc) is 3.00. The first kappa shape index (κ1) is 14.0. The minimum absolute atomic E-state index is 0.533. The summed E-state index contributed by atoms with van der Waals surface area (Å²) in [6, 6.07) is 0. The van der Waals surface area contributed by atoms with Gasteiger partial charge in [0, 0.05) is 13.0 Å². The lowest BCUT2D eigenvalue weighted by atomic mass is 10.3. The number of anilines is 1. The lowest BCUT2D eigenvalue weighted by Gasteiger charge is -2.16. The van der Waals surface area contributed by atoms with E-state index in [0.717, 1.165) is 48.0 Å². The van der Waals surface area contributed by atoms with Gasteiger partial charge in [-0.15, -0.1) is 11.3 Å². The summed E-state index contributed by atoms with van der Waals surface area (Å²) in [6.45, 7) is 9.31. The van der Waals surface area contributed by atoms with Crippen LogP contribution in [0.4, 0.5) is 5.69 Å². The van der Waals surface area contributed by atoms with E-state index in [-0.39, 0.29) is 0 Å². The fraction of sp³-hybridized carbons (Fsp3) is 0.538. The van der Waals surface area contributed by atoms with Crippen molar-refractivity contribution in [2.75, 3.05) is 25.4 Å². The highest BCUT2D eigenvalue weighted by Crippen LogP contribution is 2.33. The lowest BCUT2D eigenvalue weighted by molar-refractivity contribution is 0.303. The molecule has 0 aliphatic rings. The summed E-state index contributed by atoms with van der Waals surface area (Å²) >= 11 is 1.54. The van der Waals surface area contributed by atoms with E-state index in [1.54, 1.807) is 11.3 Å². The number of hydrogen-bond donors (Lipinski definition) is 1. The van der Waals surface area contributed by atoms with E-state index in [2.05, 4.69) is 28.9 Å². The van der Waals surface area contributed by atoms with Crippen molar-refractivity contribution < 1.29 is 4.52 Å². The van der Waals surface area contributed by atoms with Crippen LogP contribution in [0.2, 0.25) is 0 Å². The molecule has 0 radical (unpaired) electrons. The third-order valence-corrected chi connectivity index (χ3v) is 4.33. The van der Waals surface area contributed by atoms with Gasteiger partial charge < -0.3 is 15.2 Å². The standard InChI is InChI=1S/C13H20N4OS/c1-4-17(5-2)7-6-10-15-13(18-16-10)12-11(14)9(3)8-19-12/h8H,4-7,14H2,1-3H3. The smallest absolute Gasteiger partial charge is 0.270 e. The van der Waals surface area contributed by atoms with Gasteiger partial charge in [0.05, 0.1) is 5.69 Å². The summed E-state index contributed by atoms with van der Waals surface area (Å²) in [5, 5.41) is 6.03. The van der Waals surface area contributed by atoms with E-state index < -0.39 is 0 Å². The quantitative estimate of drug-likeness (QED) is 0.880.